The number of methoxy groups -OCH3 is 1. The van der Waals surface area contributed by atoms with Gasteiger partial charge in [-0.15, -0.1) is 24.0 Å². The number of aromatic hydroxyl groups is 1. The number of nitrogens with zero attached hydrogens (tertiary/aromatic N) is 2. The molecule has 174 valence electrons. The first kappa shape index (κ1) is 25.6. The van der Waals surface area contributed by atoms with E-state index in [4.69, 9.17) is 4.74 Å². The summed E-state index contributed by atoms with van der Waals surface area (Å²) in [7, 11) is 1.69. The normalized spacial score (nSPS) is 15.6. The van der Waals surface area contributed by atoms with E-state index in [1.807, 2.05) is 25.1 Å². The molecule has 0 radical (unpaired) electrons. The smallest absolute Gasteiger partial charge is 0.255 e. The lowest BCUT2D eigenvalue weighted by Crippen LogP contribution is -2.45. The number of phenolic OH excluding ortho intramolecular Hbond substituents is 1. The van der Waals surface area contributed by atoms with Gasteiger partial charge in [-0.05, 0) is 37.6 Å². The molecule has 3 rings (SSSR count). The maximum atomic E-state index is 12.2. The largest absolute Gasteiger partial charge is 0.507 e. The number of guanidine groups is 1. The van der Waals surface area contributed by atoms with Crippen LogP contribution in [0.4, 0.5) is 5.69 Å². The van der Waals surface area contributed by atoms with E-state index < -0.39 is 0 Å². The Bertz CT molecular complexity index is 909. The highest BCUT2D eigenvalue weighted by Gasteiger charge is 2.25. The highest BCUT2D eigenvalue weighted by molar-refractivity contribution is 14.0. The third kappa shape index (κ3) is 6.91. The number of rotatable bonds is 8. The first-order valence-corrected chi connectivity index (χ1v) is 10.6. The van der Waals surface area contributed by atoms with E-state index in [1.165, 1.54) is 6.07 Å². The van der Waals surface area contributed by atoms with E-state index in [2.05, 4.69) is 31.9 Å². The molecule has 2 aromatic carbocycles. The van der Waals surface area contributed by atoms with Crippen molar-refractivity contribution in [1.82, 2.24) is 16.0 Å². The molecule has 1 aliphatic rings. The fourth-order valence-electron chi connectivity index (χ4n) is 3.60. The summed E-state index contributed by atoms with van der Waals surface area (Å²) in [6, 6.07) is 14.8. The number of anilines is 1. The molecule has 1 amide bonds. The summed E-state index contributed by atoms with van der Waals surface area (Å²) in [6.45, 7) is 5.37. The van der Waals surface area contributed by atoms with Crippen LogP contribution in [0.2, 0.25) is 0 Å². The highest BCUT2D eigenvalue weighted by atomic mass is 127. The van der Waals surface area contributed by atoms with E-state index in [9.17, 15) is 9.90 Å². The Morgan fingerprint density at radius 2 is 1.94 bits per heavy atom. The number of carbonyl (C=O) groups excluding carboxylic acids is 1. The molecule has 0 aromatic heterocycles. The monoisotopic (exact) mass is 553 g/mol. The molecule has 0 bridgehead atoms. The SMILES string of the molecule is CCNC(=NCCNC(=O)c1ccccc1O)NC1CCN(c2ccccc2OC)C1.I. The van der Waals surface area contributed by atoms with Crippen molar-refractivity contribution in [2.24, 2.45) is 4.99 Å². The summed E-state index contributed by atoms with van der Waals surface area (Å²) in [5, 5.41) is 19.3. The Labute approximate surface area is 206 Å². The van der Waals surface area contributed by atoms with Crippen LogP contribution in [0.3, 0.4) is 0 Å². The van der Waals surface area contributed by atoms with Crippen LogP contribution in [-0.4, -0.2) is 62.8 Å². The second kappa shape index (κ2) is 13.0. The van der Waals surface area contributed by atoms with Gasteiger partial charge in [0.2, 0.25) is 0 Å². The van der Waals surface area contributed by atoms with Crippen LogP contribution in [0.1, 0.15) is 23.7 Å². The van der Waals surface area contributed by atoms with Crippen molar-refractivity contribution in [2.45, 2.75) is 19.4 Å². The van der Waals surface area contributed by atoms with Gasteiger partial charge in [0.15, 0.2) is 5.96 Å². The van der Waals surface area contributed by atoms with Gasteiger partial charge in [0.05, 0.1) is 24.9 Å². The van der Waals surface area contributed by atoms with Crippen molar-refractivity contribution in [3.8, 4) is 11.5 Å². The van der Waals surface area contributed by atoms with Crippen molar-refractivity contribution >= 4 is 41.5 Å². The Morgan fingerprint density at radius 1 is 1.19 bits per heavy atom. The molecule has 4 N–H and O–H groups in total. The molecular formula is C23H32IN5O3. The third-order valence-corrected chi connectivity index (χ3v) is 5.12. The number of benzene rings is 2. The van der Waals surface area contributed by atoms with E-state index in [1.54, 1.807) is 25.3 Å². The van der Waals surface area contributed by atoms with Gasteiger partial charge in [-0.25, -0.2) is 0 Å². The van der Waals surface area contributed by atoms with E-state index in [-0.39, 0.29) is 47.2 Å². The van der Waals surface area contributed by atoms with Gasteiger partial charge in [0.25, 0.3) is 5.91 Å². The van der Waals surface area contributed by atoms with E-state index in [0.29, 0.717) is 13.1 Å². The topological polar surface area (TPSA) is 98.2 Å². The van der Waals surface area contributed by atoms with Crippen molar-refractivity contribution < 1.29 is 14.6 Å². The maximum absolute atomic E-state index is 12.2. The van der Waals surface area contributed by atoms with Crippen molar-refractivity contribution in [3.63, 3.8) is 0 Å². The maximum Gasteiger partial charge on any atom is 0.255 e. The molecule has 9 heteroatoms. The van der Waals surface area contributed by atoms with E-state index in [0.717, 1.165) is 43.5 Å². The zero-order valence-corrected chi connectivity index (χ0v) is 20.8. The lowest BCUT2D eigenvalue weighted by atomic mass is 10.2. The van der Waals surface area contributed by atoms with Crippen molar-refractivity contribution in [2.75, 3.05) is 44.7 Å². The summed E-state index contributed by atoms with van der Waals surface area (Å²) in [4.78, 5) is 19.1. The van der Waals surface area contributed by atoms with Crippen LogP contribution in [0.5, 0.6) is 11.5 Å². The molecule has 1 unspecified atom stereocenters. The number of aliphatic imine (C=N–C) groups is 1. The molecule has 1 atom stereocenters. The second-order valence-corrected chi connectivity index (χ2v) is 7.28. The summed E-state index contributed by atoms with van der Waals surface area (Å²) in [5.74, 6) is 1.27. The fraction of sp³-hybridized carbons (Fsp3) is 0.391. The number of carbonyl (C=O) groups is 1. The van der Waals surface area contributed by atoms with Gasteiger partial charge >= 0.3 is 0 Å². The van der Waals surface area contributed by atoms with Crippen molar-refractivity contribution in [3.05, 3.63) is 54.1 Å². The van der Waals surface area contributed by atoms with Crippen LogP contribution in [0.25, 0.3) is 0 Å². The number of para-hydroxylation sites is 3. The summed E-state index contributed by atoms with van der Waals surface area (Å²) in [6.07, 6.45) is 0.993. The number of nitrogens with one attached hydrogen (secondary N) is 3. The number of ether oxygens (including phenoxy) is 1. The quantitative estimate of drug-likeness (QED) is 0.174. The minimum Gasteiger partial charge on any atom is -0.507 e. The minimum absolute atomic E-state index is 0. The van der Waals surface area contributed by atoms with Gasteiger partial charge < -0.3 is 30.7 Å². The lowest BCUT2D eigenvalue weighted by Gasteiger charge is -2.22. The Kier molecular flexibility index (Phi) is 10.4. The average Bonchev–Trinajstić information content (AvgIpc) is 3.25. The molecule has 1 saturated heterocycles. The minimum atomic E-state index is -0.311. The molecule has 0 saturated carbocycles. The zero-order valence-electron chi connectivity index (χ0n) is 18.5. The lowest BCUT2D eigenvalue weighted by molar-refractivity contribution is 0.0952. The number of hydrogen-bond acceptors (Lipinski definition) is 5. The Hall–Kier alpha value is -2.69. The van der Waals surface area contributed by atoms with Crippen LogP contribution < -0.4 is 25.6 Å². The molecule has 2 aromatic rings. The molecule has 1 heterocycles. The molecule has 8 nitrogen and oxygen atoms in total. The van der Waals surface area contributed by atoms with Crippen LogP contribution in [0, 0.1) is 0 Å². The highest BCUT2D eigenvalue weighted by Crippen LogP contribution is 2.30. The van der Waals surface area contributed by atoms with Gasteiger partial charge in [0, 0.05) is 32.2 Å². The molecule has 1 fully saturated rings. The first-order valence-electron chi connectivity index (χ1n) is 10.6. The standard InChI is InChI=1S/C23H31N5O3.HI/c1-3-24-23(26-14-13-25-22(30)18-8-4-6-10-20(18)29)27-17-12-15-28(16-17)19-9-5-7-11-21(19)31-2;/h4-11,17,29H,3,12-16H2,1-2H3,(H,25,30)(H2,24,26,27);1H. The van der Waals surface area contributed by atoms with E-state index >= 15 is 0 Å². The molecule has 0 spiro atoms. The number of amides is 1. The summed E-state index contributed by atoms with van der Waals surface area (Å²) in [5.41, 5.74) is 1.36. The predicted octanol–water partition coefficient (Wildman–Crippen LogP) is 2.58. The first-order chi connectivity index (χ1) is 15.1. The number of halogens is 1. The number of hydrogen-bond donors (Lipinski definition) is 4. The number of phenols is 1. The van der Waals surface area contributed by atoms with Crippen LogP contribution >= 0.6 is 24.0 Å². The molecule has 1 aliphatic heterocycles. The molecule has 0 aliphatic carbocycles. The van der Waals surface area contributed by atoms with Crippen LogP contribution in [0.15, 0.2) is 53.5 Å². The van der Waals surface area contributed by atoms with Gasteiger partial charge in [-0.3, -0.25) is 9.79 Å². The average molecular weight is 553 g/mol. The molecule has 32 heavy (non-hydrogen) atoms. The summed E-state index contributed by atoms with van der Waals surface area (Å²) < 4.78 is 5.49. The third-order valence-electron chi connectivity index (χ3n) is 5.12. The molecular weight excluding hydrogens is 521 g/mol. The van der Waals surface area contributed by atoms with Crippen LogP contribution in [-0.2, 0) is 0 Å². The van der Waals surface area contributed by atoms with Crippen molar-refractivity contribution in [1.29, 1.82) is 0 Å². The van der Waals surface area contributed by atoms with Gasteiger partial charge in [0.1, 0.15) is 11.5 Å². The Balaban J connectivity index is 0.00000363. The Morgan fingerprint density at radius 3 is 2.69 bits per heavy atom. The van der Waals surface area contributed by atoms with Gasteiger partial charge in [-0.2, -0.15) is 0 Å². The van der Waals surface area contributed by atoms with Gasteiger partial charge in [-0.1, -0.05) is 24.3 Å². The zero-order chi connectivity index (χ0) is 22.1. The summed E-state index contributed by atoms with van der Waals surface area (Å²) >= 11 is 0. The fourth-order valence-corrected chi connectivity index (χ4v) is 3.60. The second-order valence-electron chi connectivity index (χ2n) is 7.28. The predicted molar refractivity (Wildman–Crippen MR) is 139 cm³/mol.